The minimum absolute atomic E-state index is 0.0434. The fraction of sp³-hybridized carbons (Fsp3) is 0.424. The normalized spacial score (nSPS) is 21.4. The molecule has 12 heteroatoms. The van der Waals surface area contributed by atoms with Crippen LogP contribution in [0, 0.1) is 0 Å². The minimum Gasteiger partial charge on any atom is -0.476 e. The molecule has 12 nitrogen and oxygen atoms in total. The Bertz CT molecular complexity index is 1510. The lowest BCUT2D eigenvalue weighted by molar-refractivity contribution is -0.147. The molecule has 45 heavy (non-hydrogen) atoms. The van der Waals surface area contributed by atoms with E-state index >= 15 is 0 Å². The summed E-state index contributed by atoms with van der Waals surface area (Å²) in [5, 5.41) is 2.79. The molecule has 1 saturated heterocycles. The number of aliphatic imine (C=N–C) groups is 1. The number of amides is 2. The number of oxazole rings is 1. The van der Waals surface area contributed by atoms with E-state index in [1.165, 1.54) is 13.4 Å². The first-order chi connectivity index (χ1) is 21.7. The lowest BCUT2D eigenvalue weighted by Crippen LogP contribution is -2.58. The van der Waals surface area contributed by atoms with E-state index in [0.717, 1.165) is 16.7 Å². The van der Waals surface area contributed by atoms with Crippen LogP contribution in [0.25, 0.3) is 11.5 Å². The van der Waals surface area contributed by atoms with Gasteiger partial charge in [-0.1, -0.05) is 42.5 Å². The number of hydrogen-bond acceptors (Lipinski definition) is 10. The molecule has 0 unspecified atom stereocenters. The van der Waals surface area contributed by atoms with Gasteiger partial charge in [0.15, 0.2) is 5.54 Å². The molecule has 2 aromatic carbocycles. The molecular weight excluding hydrogens is 578 g/mol. The van der Waals surface area contributed by atoms with Crippen LogP contribution in [0.1, 0.15) is 37.8 Å². The molecule has 2 aliphatic heterocycles. The van der Waals surface area contributed by atoms with Gasteiger partial charge in [-0.2, -0.15) is 0 Å². The van der Waals surface area contributed by atoms with Gasteiger partial charge in [-0.3, -0.25) is 9.59 Å². The van der Waals surface area contributed by atoms with E-state index in [-0.39, 0.29) is 31.4 Å². The predicted molar refractivity (Wildman–Crippen MR) is 165 cm³/mol. The first-order valence-electron chi connectivity index (χ1n) is 15.0. The molecule has 0 aliphatic carbocycles. The Kier molecular flexibility index (Phi) is 9.94. The van der Waals surface area contributed by atoms with Crippen LogP contribution in [0.2, 0.25) is 0 Å². The lowest BCUT2D eigenvalue weighted by atomic mass is 9.91. The van der Waals surface area contributed by atoms with Crippen molar-refractivity contribution in [2.75, 3.05) is 20.3 Å². The molecule has 0 spiro atoms. The number of hydrogen-bond donors (Lipinski definition) is 2. The molecule has 0 saturated carbocycles. The number of methoxy groups -OCH3 is 1. The van der Waals surface area contributed by atoms with Gasteiger partial charge in [0.1, 0.15) is 25.0 Å². The second kappa shape index (κ2) is 14.0. The average molecular weight is 618 g/mol. The Balaban J connectivity index is 1.37. The highest BCUT2D eigenvalue weighted by atomic mass is 16.5. The molecular formula is C33H39N5O7. The zero-order chi connectivity index (χ0) is 32.0. The van der Waals surface area contributed by atoms with E-state index in [4.69, 9.17) is 29.4 Å². The van der Waals surface area contributed by atoms with Gasteiger partial charge in [0.05, 0.1) is 32.1 Å². The fourth-order valence-corrected chi connectivity index (χ4v) is 5.64. The molecule has 0 radical (unpaired) electrons. The second-order valence-electron chi connectivity index (χ2n) is 11.4. The highest BCUT2D eigenvalue weighted by molar-refractivity contribution is 5.96. The van der Waals surface area contributed by atoms with Crippen LogP contribution in [0.4, 0.5) is 0 Å². The number of nitrogens with one attached hydrogen (secondary N) is 1. The van der Waals surface area contributed by atoms with Crippen LogP contribution in [-0.2, 0) is 41.6 Å². The van der Waals surface area contributed by atoms with Crippen molar-refractivity contribution >= 4 is 23.7 Å². The standard InChI is InChI=1S/C33H39N5O7/c1-21(34)28(39)36-27(22(2)44-19-23-9-5-4-6-10-23)31(40)38-15-8-13-26(38)30-37-33(20-45-30,32(41)42-3)18-24-11-7-12-25(17-24)29-35-14-16-43-29/h4-7,9-12,14,16-17,21-22,26-27H,8,13,15,18-20,34H2,1-3H3,(H,36,39)/t21-,22+,26-,27-,33+/m0/s1. The Morgan fingerprint density at radius 1 is 1.13 bits per heavy atom. The number of carbonyl (C=O) groups is 3. The Hall–Kier alpha value is -4.55. The molecule has 2 aliphatic rings. The number of carbonyl (C=O) groups excluding carboxylic acids is 3. The molecule has 5 rings (SSSR count). The van der Waals surface area contributed by atoms with E-state index in [1.54, 1.807) is 24.9 Å². The minimum atomic E-state index is -1.34. The van der Waals surface area contributed by atoms with Gasteiger partial charge in [0.2, 0.25) is 23.6 Å². The summed E-state index contributed by atoms with van der Waals surface area (Å²) in [4.78, 5) is 50.6. The summed E-state index contributed by atoms with van der Waals surface area (Å²) in [5.74, 6) is -0.605. The first-order valence-corrected chi connectivity index (χ1v) is 15.0. The highest BCUT2D eigenvalue weighted by Crippen LogP contribution is 2.32. The van der Waals surface area contributed by atoms with Gasteiger partial charge < -0.3 is 34.6 Å². The monoisotopic (exact) mass is 617 g/mol. The Labute approximate surface area is 261 Å². The lowest BCUT2D eigenvalue weighted by Gasteiger charge is -2.32. The number of aromatic nitrogens is 1. The SMILES string of the molecule is COC(=O)[C@@]1(Cc2cccc(-c3ncco3)c2)COC([C@@H]2CCCN2C(=O)[C@@H](NC(=O)[C@H](C)N)[C@@H](C)OCc2ccccc2)=N1. The van der Waals surface area contributed by atoms with E-state index in [9.17, 15) is 14.4 Å². The summed E-state index contributed by atoms with van der Waals surface area (Å²) in [6, 6.07) is 14.7. The van der Waals surface area contributed by atoms with Gasteiger partial charge >= 0.3 is 5.97 Å². The maximum absolute atomic E-state index is 14.1. The molecule has 3 heterocycles. The van der Waals surface area contributed by atoms with Gasteiger partial charge in [-0.15, -0.1) is 0 Å². The Morgan fingerprint density at radius 3 is 2.62 bits per heavy atom. The third-order valence-electron chi connectivity index (χ3n) is 8.07. The summed E-state index contributed by atoms with van der Waals surface area (Å²) >= 11 is 0. The van der Waals surface area contributed by atoms with Crippen molar-refractivity contribution in [2.24, 2.45) is 10.7 Å². The molecule has 3 N–H and O–H groups in total. The quantitative estimate of drug-likeness (QED) is 0.292. The third-order valence-corrected chi connectivity index (χ3v) is 8.07. The van der Waals surface area contributed by atoms with Crippen molar-refractivity contribution < 1.29 is 33.0 Å². The van der Waals surface area contributed by atoms with Crippen molar-refractivity contribution in [2.45, 2.75) is 69.5 Å². The van der Waals surface area contributed by atoms with Crippen LogP contribution < -0.4 is 11.1 Å². The van der Waals surface area contributed by atoms with Crippen LogP contribution in [-0.4, -0.2) is 83.6 Å². The Morgan fingerprint density at radius 2 is 1.91 bits per heavy atom. The van der Waals surface area contributed by atoms with Crippen molar-refractivity contribution in [1.29, 1.82) is 0 Å². The van der Waals surface area contributed by atoms with Crippen LogP contribution >= 0.6 is 0 Å². The zero-order valence-corrected chi connectivity index (χ0v) is 25.7. The average Bonchev–Trinajstić information content (AvgIpc) is 3.84. The number of nitrogens with two attached hydrogens (primary N) is 1. The predicted octanol–water partition coefficient (Wildman–Crippen LogP) is 2.65. The molecule has 1 aromatic heterocycles. The highest BCUT2D eigenvalue weighted by Gasteiger charge is 2.49. The molecule has 2 amide bonds. The summed E-state index contributed by atoms with van der Waals surface area (Å²) in [5.41, 5.74) is 7.00. The molecule has 238 valence electrons. The number of esters is 1. The molecule has 0 bridgehead atoms. The maximum atomic E-state index is 14.1. The van der Waals surface area contributed by atoms with E-state index in [2.05, 4.69) is 10.3 Å². The first kappa shape index (κ1) is 31.9. The topological polar surface area (TPSA) is 159 Å². The molecule has 5 atom stereocenters. The van der Waals surface area contributed by atoms with Crippen LogP contribution in [0.15, 0.2) is 76.5 Å². The van der Waals surface area contributed by atoms with Crippen molar-refractivity contribution in [3.63, 3.8) is 0 Å². The summed E-state index contributed by atoms with van der Waals surface area (Å²) < 4.78 is 22.8. The maximum Gasteiger partial charge on any atom is 0.337 e. The molecule has 3 aromatic rings. The van der Waals surface area contributed by atoms with Crippen LogP contribution in [0.3, 0.4) is 0 Å². The number of nitrogens with zero attached hydrogens (tertiary/aromatic N) is 3. The van der Waals surface area contributed by atoms with Gasteiger partial charge in [-0.05, 0) is 49.9 Å². The number of rotatable bonds is 12. The third kappa shape index (κ3) is 7.23. The van der Waals surface area contributed by atoms with Crippen molar-refractivity contribution in [3.8, 4) is 11.5 Å². The van der Waals surface area contributed by atoms with Crippen molar-refractivity contribution in [3.05, 3.63) is 78.2 Å². The van der Waals surface area contributed by atoms with Gasteiger partial charge in [0.25, 0.3) is 0 Å². The smallest absolute Gasteiger partial charge is 0.337 e. The van der Waals surface area contributed by atoms with Crippen LogP contribution in [0.5, 0.6) is 0 Å². The van der Waals surface area contributed by atoms with Gasteiger partial charge in [0, 0.05) is 18.5 Å². The number of ether oxygens (including phenoxy) is 3. The van der Waals surface area contributed by atoms with Crippen molar-refractivity contribution in [1.82, 2.24) is 15.2 Å². The second-order valence-corrected chi connectivity index (χ2v) is 11.4. The summed E-state index contributed by atoms with van der Waals surface area (Å²) in [6.45, 7) is 3.94. The largest absolute Gasteiger partial charge is 0.476 e. The zero-order valence-electron chi connectivity index (χ0n) is 25.7. The fourth-order valence-electron chi connectivity index (χ4n) is 5.64. The van der Waals surface area contributed by atoms with E-state index in [0.29, 0.717) is 25.3 Å². The molecule has 1 fully saturated rings. The van der Waals surface area contributed by atoms with E-state index < -0.39 is 41.6 Å². The van der Waals surface area contributed by atoms with E-state index in [1.807, 2.05) is 54.6 Å². The number of likely N-dealkylation sites (tertiary alicyclic amines) is 1. The summed E-state index contributed by atoms with van der Waals surface area (Å²) in [6.07, 6.45) is 3.87. The van der Waals surface area contributed by atoms with Gasteiger partial charge in [-0.25, -0.2) is 14.8 Å². The number of benzene rings is 2. The summed E-state index contributed by atoms with van der Waals surface area (Å²) in [7, 11) is 1.31.